The van der Waals surface area contributed by atoms with E-state index in [1.807, 2.05) is 13.1 Å². The van der Waals surface area contributed by atoms with Crippen molar-refractivity contribution in [3.8, 4) is 5.75 Å². The number of fused-ring (bicyclic) bond motifs is 1. The second-order valence-electron chi connectivity index (χ2n) is 7.30. The maximum atomic E-state index is 8.89. The molecule has 29 heavy (non-hydrogen) atoms. The van der Waals surface area contributed by atoms with Crippen molar-refractivity contribution < 1.29 is 14.6 Å². The third-order valence-corrected chi connectivity index (χ3v) is 5.16. The minimum atomic E-state index is 0.137. The van der Waals surface area contributed by atoms with Gasteiger partial charge in [-0.1, -0.05) is 49.4 Å². The van der Waals surface area contributed by atoms with Crippen LogP contribution in [-0.4, -0.2) is 51.6 Å². The van der Waals surface area contributed by atoms with Crippen LogP contribution < -0.4 is 15.4 Å². The zero-order valence-electron chi connectivity index (χ0n) is 17.4. The predicted molar refractivity (Wildman–Crippen MR) is 118 cm³/mol. The van der Waals surface area contributed by atoms with Crippen molar-refractivity contribution in [2.24, 2.45) is 5.92 Å². The number of nitrogens with one attached hydrogen (secondary N) is 2. The van der Waals surface area contributed by atoms with Gasteiger partial charge in [0.2, 0.25) is 0 Å². The molecule has 2 unspecified atom stereocenters. The molecule has 0 amide bonds. The quantitative estimate of drug-likeness (QED) is 0.509. The molecule has 2 atom stereocenters. The van der Waals surface area contributed by atoms with E-state index in [0.717, 1.165) is 23.4 Å². The third-order valence-electron chi connectivity index (χ3n) is 5.16. The summed E-state index contributed by atoms with van der Waals surface area (Å²) in [5.74, 6) is 2.36. The van der Waals surface area contributed by atoms with Crippen LogP contribution in [0.25, 0.3) is 10.8 Å². The summed E-state index contributed by atoms with van der Waals surface area (Å²) in [7, 11) is 1.93. The Balaban J connectivity index is 1.85. The maximum absolute atomic E-state index is 8.89. The Morgan fingerprint density at radius 1 is 1.03 bits per heavy atom. The summed E-state index contributed by atoms with van der Waals surface area (Å²) in [6.07, 6.45) is 6.36. The van der Waals surface area contributed by atoms with Crippen LogP contribution in [0.2, 0.25) is 0 Å². The molecule has 5 nitrogen and oxygen atoms in total. The van der Waals surface area contributed by atoms with Crippen molar-refractivity contribution in [3.05, 3.63) is 65.9 Å². The Kier molecular flexibility index (Phi) is 8.11. The first-order valence-corrected chi connectivity index (χ1v) is 10.4. The molecule has 3 N–H and O–H groups in total. The van der Waals surface area contributed by atoms with Crippen LogP contribution in [0.3, 0.4) is 0 Å². The lowest BCUT2D eigenvalue weighted by Crippen LogP contribution is -2.24. The molecule has 0 radical (unpaired) electrons. The molecule has 0 bridgehead atoms. The van der Waals surface area contributed by atoms with Gasteiger partial charge in [0.25, 0.3) is 0 Å². The molecule has 0 saturated heterocycles. The Morgan fingerprint density at radius 2 is 1.86 bits per heavy atom. The van der Waals surface area contributed by atoms with Crippen LogP contribution in [0.1, 0.15) is 18.4 Å². The Morgan fingerprint density at radius 3 is 2.69 bits per heavy atom. The average Bonchev–Trinajstić information content (AvgIpc) is 2.73. The standard InChI is InChI=1S/C24H32N2O3/c1-18-6-5-9-22(28-15-12-26-10-13-27)24(18)20-16-19-7-3-4-8-21(19)23(17-20)29-14-11-25-2/h3-9,16-18,24-27H,10-15H2,1-2H3. The van der Waals surface area contributed by atoms with Crippen LogP contribution in [0.4, 0.5) is 0 Å². The summed E-state index contributed by atoms with van der Waals surface area (Å²) < 4.78 is 12.2. The van der Waals surface area contributed by atoms with Crippen LogP contribution in [0.15, 0.2) is 60.4 Å². The second kappa shape index (κ2) is 11.0. The molecule has 0 aliphatic heterocycles. The van der Waals surface area contributed by atoms with Gasteiger partial charge in [-0.15, -0.1) is 0 Å². The van der Waals surface area contributed by atoms with Gasteiger partial charge < -0.3 is 25.2 Å². The third kappa shape index (κ3) is 5.60. The van der Waals surface area contributed by atoms with E-state index >= 15 is 0 Å². The number of aliphatic hydroxyl groups excluding tert-OH is 1. The molecule has 156 valence electrons. The number of aliphatic hydroxyl groups is 1. The summed E-state index contributed by atoms with van der Waals surface area (Å²) in [5.41, 5.74) is 1.20. The minimum absolute atomic E-state index is 0.137. The molecule has 3 rings (SSSR count). The molecule has 1 aliphatic rings. The number of hydrogen-bond donors (Lipinski definition) is 3. The fraction of sp³-hybridized carbons (Fsp3) is 0.417. The molecule has 0 spiro atoms. The number of hydrogen-bond acceptors (Lipinski definition) is 5. The lowest BCUT2D eigenvalue weighted by Gasteiger charge is -2.28. The van der Waals surface area contributed by atoms with E-state index < -0.39 is 0 Å². The van der Waals surface area contributed by atoms with E-state index in [9.17, 15) is 0 Å². The maximum Gasteiger partial charge on any atom is 0.127 e. The molecule has 0 aromatic heterocycles. The highest BCUT2D eigenvalue weighted by molar-refractivity contribution is 5.89. The summed E-state index contributed by atoms with van der Waals surface area (Å²) in [6.45, 7) is 5.65. The molecule has 1 aliphatic carbocycles. The molecule has 5 heteroatoms. The molecule has 2 aromatic rings. The SMILES string of the molecule is CNCCOc1cc(C2C(OCCNCCO)=CC=CC2C)cc2ccccc12. The number of likely N-dealkylation sites (N-methyl/N-ethyl adjacent to an activating group) is 1. The minimum Gasteiger partial charge on any atom is -0.496 e. The van der Waals surface area contributed by atoms with Gasteiger partial charge in [-0.2, -0.15) is 0 Å². The van der Waals surface area contributed by atoms with Crippen LogP contribution in [0, 0.1) is 5.92 Å². The summed E-state index contributed by atoms with van der Waals surface area (Å²) in [4.78, 5) is 0. The van der Waals surface area contributed by atoms with Crippen LogP contribution in [0.5, 0.6) is 5.75 Å². The van der Waals surface area contributed by atoms with E-state index in [-0.39, 0.29) is 12.5 Å². The van der Waals surface area contributed by atoms with E-state index in [4.69, 9.17) is 14.6 Å². The van der Waals surface area contributed by atoms with Gasteiger partial charge in [0, 0.05) is 30.9 Å². The van der Waals surface area contributed by atoms with Crippen molar-refractivity contribution in [2.45, 2.75) is 12.8 Å². The predicted octanol–water partition coefficient (Wildman–Crippen LogP) is 3.21. The van der Waals surface area contributed by atoms with E-state index in [1.165, 1.54) is 10.9 Å². The van der Waals surface area contributed by atoms with Crippen LogP contribution >= 0.6 is 0 Å². The zero-order valence-corrected chi connectivity index (χ0v) is 17.4. The van der Waals surface area contributed by atoms with Crippen molar-refractivity contribution in [2.75, 3.05) is 46.5 Å². The first kappa shape index (κ1) is 21.4. The normalized spacial score (nSPS) is 18.7. The van der Waals surface area contributed by atoms with Gasteiger partial charge in [-0.3, -0.25) is 0 Å². The van der Waals surface area contributed by atoms with Gasteiger partial charge in [0.1, 0.15) is 24.7 Å². The van der Waals surface area contributed by atoms with Crippen molar-refractivity contribution in [1.29, 1.82) is 0 Å². The molecule has 2 aromatic carbocycles. The summed E-state index contributed by atoms with van der Waals surface area (Å²) in [5, 5.41) is 17.5. The Labute approximate surface area is 173 Å². The molecular formula is C24H32N2O3. The smallest absolute Gasteiger partial charge is 0.127 e. The summed E-state index contributed by atoms with van der Waals surface area (Å²) in [6, 6.07) is 12.8. The monoisotopic (exact) mass is 396 g/mol. The number of benzene rings is 2. The van der Waals surface area contributed by atoms with Crippen molar-refractivity contribution in [1.82, 2.24) is 10.6 Å². The molecule has 0 heterocycles. The second-order valence-corrected chi connectivity index (χ2v) is 7.30. The van der Waals surface area contributed by atoms with E-state index in [1.54, 1.807) is 0 Å². The fourth-order valence-corrected chi connectivity index (χ4v) is 3.71. The highest BCUT2D eigenvalue weighted by atomic mass is 16.5. The van der Waals surface area contributed by atoms with Gasteiger partial charge in [-0.25, -0.2) is 0 Å². The van der Waals surface area contributed by atoms with Gasteiger partial charge in [0.05, 0.1) is 6.61 Å². The van der Waals surface area contributed by atoms with E-state index in [2.05, 4.69) is 66.1 Å². The lowest BCUT2D eigenvalue weighted by molar-refractivity contribution is 0.182. The molecule has 0 fully saturated rings. The largest absolute Gasteiger partial charge is 0.496 e. The Bertz CT molecular complexity index is 847. The summed E-state index contributed by atoms with van der Waals surface area (Å²) >= 11 is 0. The van der Waals surface area contributed by atoms with Crippen LogP contribution in [-0.2, 0) is 4.74 Å². The first-order valence-electron chi connectivity index (χ1n) is 10.4. The lowest BCUT2D eigenvalue weighted by atomic mass is 9.82. The van der Waals surface area contributed by atoms with E-state index in [0.29, 0.717) is 32.2 Å². The van der Waals surface area contributed by atoms with Gasteiger partial charge >= 0.3 is 0 Å². The number of rotatable bonds is 11. The molecule has 0 saturated carbocycles. The number of ether oxygens (including phenoxy) is 2. The van der Waals surface area contributed by atoms with Gasteiger partial charge in [-0.05, 0) is 36.1 Å². The highest BCUT2D eigenvalue weighted by Crippen LogP contribution is 2.40. The zero-order chi connectivity index (χ0) is 20.5. The Hall–Kier alpha value is -2.34. The average molecular weight is 397 g/mol. The van der Waals surface area contributed by atoms with Crippen molar-refractivity contribution in [3.63, 3.8) is 0 Å². The fourth-order valence-electron chi connectivity index (χ4n) is 3.71. The topological polar surface area (TPSA) is 62.8 Å². The van der Waals surface area contributed by atoms with Gasteiger partial charge in [0.15, 0.2) is 0 Å². The first-order chi connectivity index (χ1) is 14.2. The highest BCUT2D eigenvalue weighted by Gasteiger charge is 2.26. The number of allylic oxidation sites excluding steroid dienone is 4. The van der Waals surface area contributed by atoms with Crippen molar-refractivity contribution >= 4 is 10.8 Å². The molecular weight excluding hydrogens is 364 g/mol.